The molecule has 2 aliphatic heterocycles. The van der Waals surface area contributed by atoms with Gasteiger partial charge in [-0.2, -0.15) is 0 Å². The first-order valence-corrected chi connectivity index (χ1v) is 31.8. The number of hydrogen-bond acceptors (Lipinski definition) is 2. The molecule has 88 heavy (non-hydrogen) atoms. The lowest BCUT2D eigenvalue weighted by atomic mass is 9.28. The number of rotatable bonds is 5. The minimum absolute atomic E-state index is 0.00152. The van der Waals surface area contributed by atoms with Gasteiger partial charge < -0.3 is 23.5 Å². The van der Waals surface area contributed by atoms with E-state index in [1.165, 1.54) is 121 Å². The lowest BCUT2D eigenvalue weighted by molar-refractivity contribution is 0.509. The molecule has 0 saturated carbocycles. The van der Waals surface area contributed by atoms with Crippen molar-refractivity contribution in [3.8, 4) is 17.1 Å². The third-order valence-corrected chi connectivity index (χ3v) is 19.9. The molecule has 0 amide bonds. The molecule has 0 N–H and O–H groups in total. The van der Waals surface area contributed by atoms with Crippen molar-refractivity contribution in [1.29, 1.82) is 0 Å². The number of anilines is 5. The lowest BCUT2D eigenvalue weighted by Gasteiger charge is -2.51. The van der Waals surface area contributed by atoms with E-state index in [0.717, 1.165) is 22.7 Å². The standard InChI is InChI=1S/C82H76BN5/c1-79(2,3)51-29-35-55(36-30-51)85-72-45-33-53(81(7,8)9)47-66(72)83-67-48-54(82(10,11)12)34-46-73(67)86(56-37-31-52(32-38-56)80(4,5)6)75-50-59(49-74(85)76(75)83)88-71-28-20-16-24-63(71)65-44-43-64-62-23-15-19-27-70(62)87(77(64)78(65)88)58-41-39-57(40-42-58)84-68-25-17-13-21-60(68)61-22-14-18-26-69(61)84/h13-50,66,72H,1-12H3. The summed E-state index contributed by atoms with van der Waals surface area (Å²) >= 11 is 0. The van der Waals surface area contributed by atoms with Crippen LogP contribution in [0.5, 0.6) is 0 Å². The summed E-state index contributed by atoms with van der Waals surface area (Å²) in [6.45, 7) is 28.2. The molecule has 5 nitrogen and oxygen atoms in total. The SMILES string of the molecule is CC(C)(C)C1=CC2B3c4cc(C(C)(C)C)ccc4N(c4ccc(C(C)(C)C)cc4)c4cc(-n5c6ccccc6c6ccc7c8ccccc8n(-c8ccc(-n9c%10ccccc%10c%10ccccc%109)cc8)c7c65)cc(c43)N(c3ccc(C(C)(C)C)cc3)C2C=C1. The average Bonchev–Trinajstić information content (AvgIpc) is 1.29. The smallest absolute Gasteiger partial charge is 0.226 e. The molecule has 2 unspecified atom stereocenters. The molecular weight excluding hydrogens is 1070 g/mol. The number of para-hydroxylation sites is 4. The van der Waals surface area contributed by atoms with Crippen LogP contribution in [0.15, 0.2) is 236 Å². The predicted molar refractivity (Wildman–Crippen MR) is 378 cm³/mol. The first kappa shape index (κ1) is 54.2. The Kier molecular flexibility index (Phi) is 11.8. The summed E-state index contributed by atoms with van der Waals surface area (Å²) in [5.74, 6) is 0.128. The van der Waals surface area contributed by atoms with Crippen LogP contribution in [0.1, 0.15) is 99.8 Å². The first-order valence-electron chi connectivity index (χ1n) is 31.8. The normalized spacial score (nSPS) is 16.1. The summed E-state index contributed by atoms with van der Waals surface area (Å²) in [5.41, 5.74) is 24.6. The Morgan fingerprint density at radius 1 is 0.341 bits per heavy atom. The predicted octanol–water partition coefficient (Wildman–Crippen LogP) is 20.7. The highest BCUT2D eigenvalue weighted by molar-refractivity contribution is 6.91. The molecular formula is C82H76BN5. The van der Waals surface area contributed by atoms with Gasteiger partial charge in [0.25, 0.3) is 0 Å². The Labute approximate surface area is 518 Å². The Morgan fingerprint density at radius 3 is 1.26 bits per heavy atom. The maximum atomic E-state index is 2.72. The highest BCUT2D eigenvalue weighted by atomic mass is 15.2. The van der Waals surface area contributed by atoms with Crippen molar-refractivity contribution < 1.29 is 0 Å². The maximum Gasteiger partial charge on any atom is 0.226 e. The Balaban J connectivity index is 1.02. The monoisotopic (exact) mass is 1140 g/mol. The van der Waals surface area contributed by atoms with E-state index < -0.39 is 0 Å². The second-order valence-electron chi connectivity index (χ2n) is 29.4. The highest BCUT2D eigenvalue weighted by Crippen LogP contribution is 2.52. The molecule has 3 aliphatic rings. The molecule has 6 heteroatoms. The van der Waals surface area contributed by atoms with Crippen LogP contribution in [0.2, 0.25) is 5.82 Å². The van der Waals surface area contributed by atoms with E-state index in [1.54, 1.807) is 0 Å². The van der Waals surface area contributed by atoms with Crippen LogP contribution in [0.3, 0.4) is 0 Å². The number of benzene rings is 10. The summed E-state index contributed by atoms with van der Waals surface area (Å²) in [4.78, 5) is 5.35. The average molecular weight is 1140 g/mol. The molecule has 5 heterocycles. The zero-order valence-corrected chi connectivity index (χ0v) is 52.9. The van der Waals surface area contributed by atoms with E-state index in [-0.39, 0.29) is 40.2 Å². The van der Waals surface area contributed by atoms with Crippen molar-refractivity contribution in [3.63, 3.8) is 0 Å². The summed E-state index contributed by atoms with van der Waals surface area (Å²) in [6, 6.07) is 81.4. The van der Waals surface area contributed by atoms with Crippen molar-refractivity contribution in [2.24, 2.45) is 5.41 Å². The van der Waals surface area contributed by atoms with Gasteiger partial charge in [-0.25, -0.2) is 0 Å². The molecule has 0 fully saturated rings. The van der Waals surface area contributed by atoms with E-state index in [1.807, 2.05) is 0 Å². The highest BCUT2D eigenvalue weighted by Gasteiger charge is 2.50. The zero-order chi connectivity index (χ0) is 60.5. The van der Waals surface area contributed by atoms with Gasteiger partial charge >= 0.3 is 0 Å². The van der Waals surface area contributed by atoms with Gasteiger partial charge in [0.2, 0.25) is 6.71 Å². The number of nitrogens with zero attached hydrogens (tertiary/aromatic N) is 5. The summed E-state index contributed by atoms with van der Waals surface area (Å²) < 4.78 is 7.59. The van der Waals surface area contributed by atoms with Gasteiger partial charge in [0, 0.05) is 72.1 Å². The molecule has 3 aromatic heterocycles. The lowest BCUT2D eigenvalue weighted by Crippen LogP contribution is -2.62. The van der Waals surface area contributed by atoms with Gasteiger partial charge in [-0.1, -0.05) is 223 Å². The van der Waals surface area contributed by atoms with Crippen molar-refractivity contribution in [2.45, 2.75) is 111 Å². The summed E-state index contributed by atoms with van der Waals surface area (Å²) in [7, 11) is 0. The fourth-order valence-electron chi connectivity index (χ4n) is 15.3. The molecule has 2 atom stereocenters. The van der Waals surface area contributed by atoms with Crippen LogP contribution in [0.25, 0.3) is 82.5 Å². The van der Waals surface area contributed by atoms with Gasteiger partial charge in [-0.05, 0) is 152 Å². The van der Waals surface area contributed by atoms with Gasteiger partial charge in [0.15, 0.2) is 0 Å². The third kappa shape index (κ3) is 8.20. The van der Waals surface area contributed by atoms with E-state index in [2.05, 4.69) is 337 Å². The fraction of sp³-hybridized carbons (Fsp3) is 0.220. The Hall–Kier alpha value is -9.26. The topological polar surface area (TPSA) is 21.3 Å². The largest absolute Gasteiger partial charge is 0.335 e. The van der Waals surface area contributed by atoms with E-state index >= 15 is 0 Å². The minimum Gasteiger partial charge on any atom is -0.335 e. The van der Waals surface area contributed by atoms with Gasteiger partial charge in [-0.15, -0.1) is 0 Å². The van der Waals surface area contributed by atoms with E-state index in [9.17, 15) is 0 Å². The van der Waals surface area contributed by atoms with Crippen molar-refractivity contribution in [3.05, 3.63) is 253 Å². The van der Waals surface area contributed by atoms with E-state index in [0.29, 0.717) is 0 Å². The molecule has 1 aliphatic carbocycles. The molecule has 0 spiro atoms. The minimum atomic E-state index is -0.0618. The van der Waals surface area contributed by atoms with Crippen LogP contribution in [-0.4, -0.2) is 26.5 Å². The third-order valence-electron chi connectivity index (χ3n) is 19.9. The van der Waals surface area contributed by atoms with Gasteiger partial charge in [-0.3, -0.25) is 0 Å². The van der Waals surface area contributed by atoms with Crippen molar-refractivity contribution in [2.75, 3.05) is 9.80 Å². The molecule has 0 saturated heterocycles. The van der Waals surface area contributed by atoms with Crippen LogP contribution in [-0.2, 0) is 16.2 Å². The first-order chi connectivity index (χ1) is 42.2. The van der Waals surface area contributed by atoms with Gasteiger partial charge in [0.1, 0.15) is 0 Å². The number of allylic oxidation sites excluding steroid dienone is 2. The summed E-state index contributed by atoms with van der Waals surface area (Å²) in [5, 5.41) is 7.41. The number of fused-ring (bicyclic) bond motifs is 14. The van der Waals surface area contributed by atoms with Crippen LogP contribution in [0.4, 0.5) is 28.4 Å². The van der Waals surface area contributed by atoms with Crippen molar-refractivity contribution in [1.82, 2.24) is 13.7 Å². The molecule has 10 aromatic carbocycles. The second-order valence-corrected chi connectivity index (χ2v) is 29.4. The zero-order valence-electron chi connectivity index (χ0n) is 52.9. The fourth-order valence-corrected chi connectivity index (χ4v) is 15.3. The molecule has 0 bridgehead atoms. The van der Waals surface area contributed by atoms with E-state index in [4.69, 9.17) is 0 Å². The Morgan fingerprint density at radius 2 is 0.761 bits per heavy atom. The molecule has 432 valence electrons. The van der Waals surface area contributed by atoms with Crippen LogP contribution < -0.4 is 20.7 Å². The Bertz CT molecular complexity index is 5020. The van der Waals surface area contributed by atoms with Crippen LogP contribution in [0, 0.1) is 5.41 Å². The summed E-state index contributed by atoms with van der Waals surface area (Å²) in [6.07, 6.45) is 7.67. The maximum absolute atomic E-state index is 2.72. The number of hydrogen-bond donors (Lipinski definition) is 0. The molecule has 13 aromatic rings. The second kappa shape index (κ2) is 19.1. The molecule has 0 radical (unpaired) electrons. The number of aromatic nitrogens is 3. The van der Waals surface area contributed by atoms with Gasteiger partial charge in [0.05, 0.1) is 44.8 Å². The quantitative estimate of drug-likeness (QED) is 0.160. The molecule has 16 rings (SSSR count). The van der Waals surface area contributed by atoms with Crippen LogP contribution >= 0.6 is 0 Å². The van der Waals surface area contributed by atoms with Crippen molar-refractivity contribution >= 4 is 111 Å².